The summed E-state index contributed by atoms with van der Waals surface area (Å²) in [6, 6.07) is 25.8. The van der Waals surface area contributed by atoms with E-state index in [0.717, 1.165) is 28.1 Å². The molecule has 1 aliphatic heterocycles. The van der Waals surface area contributed by atoms with E-state index in [1.807, 2.05) is 90.7 Å². The van der Waals surface area contributed by atoms with Gasteiger partial charge in [-0.3, -0.25) is 14.5 Å². The predicted molar refractivity (Wildman–Crippen MR) is 124 cm³/mol. The van der Waals surface area contributed by atoms with Crippen LogP contribution < -0.4 is 10.2 Å². The fourth-order valence-corrected chi connectivity index (χ4v) is 4.72. The topological polar surface area (TPSA) is 49.4 Å². The second kappa shape index (κ2) is 9.18. The zero-order valence-electron chi connectivity index (χ0n) is 16.9. The molecule has 1 heterocycles. The van der Waals surface area contributed by atoms with E-state index in [9.17, 15) is 9.59 Å². The Labute approximate surface area is 181 Å². The first-order chi connectivity index (χ1) is 14.6. The van der Waals surface area contributed by atoms with Crippen LogP contribution >= 0.6 is 11.8 Å². The molecule has 1 aliphatic rings. The summed E-state index contributed by atoms with van der Waals surface area (Å²) >= 11 is 1.61. The largest absolute Gasteiger partial charge is 0.326 e. The van der Waals surface area contributed by atoms with E-state index in [1.54, 1.807) is 11.8 Å². The van der Waals surface area contributed by atoms with Crippen LogP contribution in [0.15, 0.2) is 78.9 Å². The van der Waals surface area contributed by atoms with Gasteiger partial charge in [0, 0.05) is 17.8 Å². The molecule has 3 aromatic rings. The SMILES string of the molecule is Cc1ccc(N2C(=O)CSC2c2cccc(NC(=O)CCc3ccccc3)c2)cc1. The van der Waals surface area contributed by atoms with E-state index < -0.39 is 0 Å². The molecular weight excluding hydrogens is 392 g/mol. The number of hydrogen-bond acceptors (Lipinski definition) is 3. The molecule has 0 aliphatic carbocycles. The second-order valence-electron chi connectivity index (χ2n) is 7.42. The van der Waals surface area contributed by atoms with Crippen molar-refractivity contribution in [3.05, 3.63) is 95.6 Å². The number of anilines is 2. The first-order valence-electron chi connectivity index (χ1n) is 10.0. The minimum Gasteiger partial charge on any atom is -0.326 e. The molecule has 2 amide bonds. The maximum absolute atomic E-state index is 12.6. The van der Waals surface area contributed by atoms with E-state index in [1.165, 1.54) is 0 Å². The summed E-state index contributed by atoms with van der Waals surface area (Å²) in [4.78, 5) is 26.8. The van der Waals surface area contributed by atoms with Crippen LogP contribution in [0.2, 0.25) is 0 Å². The van der Waals surface area contributed by atoms with Gasteiger partial charge in [0.15, 0.2) is 0 Å². The van der Waals surface area contributed by atoms with Crippen molar-refractivity contribution in [1.82, 2.24) is 0 Å². The molecular formula is C25H24N2O2S. The molecule has 1 N–H and O–H groups in total. The van der Waals surface area contributed by atoms with Gasteiger partial charge in [0.1, 0.15) is 5.37 Å². The number of amides is 2. The average Bonchev–Trinajstić information content (AvgIpc) is 3.15. The molecule has 1 unspecified atom stereocenters. The number of benzene rings is 3. The summed E-state index contributed by atoms with van der Waals surface area (Å²) in [7, 11) is 0. The monoisotopic (exact) mass is 416 g/mol. The molecule has 0 aromatic heterocycles. The highest BCUT2D eigenvalue weighted by Crippen LogP contribution is 2.42. The number of nitrogens with one attached hydrogen (secondary N) is 1. The van der Waals surface area contributed by atoms with E-state index >= 15 is 0 Å². The third-order valence-corrected chi connectivity index (χ3v) is 6.33. The maximum atomic E-state index is 12.6. The first-order valence-corrected chi connectivity index (χ1v) is 11.1. The first kappa shape index (κ1) is 20.2. The number of hydrogen-bond donors (Lipinski definition) is 1. The number of nitrogens with zero attached hydrogens (tertiary/aromatic N) is 1. The van der Waals surface area contributed by atoms with E-state index in [-0.39, 0.29) is 17.2 Å². The highest BCUT2D eigenvalue weighted by atomic mass is 32.2. The van der Waals surface area contributed by atoms with Crippen LogP contribution in [0, 0.1) is 6.92 Å². The zero-order valence-corrected chi connectivity index (χ0v) is 17.7. The summed E-state index contributed by atoms with van der Waals surface area (Å²) < 4.78 is 0. The number of carbonyl (C=O) groups is 2. The summed E-state index contributed by atoms with van der Waals surface area (Å²) in [5.41, 5.74) is 4.98. The summed E-state index contributed by atoms with van der Waals surface area (Å²) in [6.07, 6.45) is 1.14. The number of rotatable bonds is 6. The zero-order chi connectivity index (χ0) is 20.9. The fourth-order valence-electron chi connectivity index (χ4n) is 3.55. The standard InChI is InChI=1S/C25H24N2O2S/c1-18-10-13-22(14-11-18)27-24(29)17-30-25(27)20-8-5-9-21(16-20)26-23(28)15-12-19-6-3-2-4-7-19/h2-11,13-14,16,25H,12,15,17H2,1H3,(H,26,28). The van der Waals surface area contributed by atoms with E-state index in [4.69, 9.17) is 0 Å². The van der Waals surface area contributed by atoms with Gasteiger partial charge in [0.2, 0.25) is 11.8 Å². The van der Waals surface area contributed by atoms with Gasteiger partial charge in [-0.15, -0.1) is 11.8 Å². The van der Waals surface area contributed by atoms with Crippen molar-refractivity contribution in [3.63, 3.8) is 0 Å². The smallest absolute Gasteiger partial charge is 0.238 e. The molecule has 152 valence electrons. The molecule has 3 aromatic carbocycles. The molecule has 1 fully saturated rings. The Bertz CT molecular complexity index is 1030. The highest BCUT2D eigenvalue weighted by Gasteiger charge is 2.34. The van der Waals surface area contributed by atoms with Crippen LogP contribution in [0.3, 0.4) is 0 Å². The van der Waals surface area contributed by atoms with Gasteiger partial charge in [-0.25, -0.2) is 0 Å². The second-order valence-corrected chi connectivity index (χ2v) is 8.49. The fraction of sp³-hybridized carbons (Fsp3) is 0.200. The van der Waals surface area contributed by atoms with Gasteiger partial charge in [0.25, 0.3) is 0 Å². The van der Waals surface area contributed by atoms with Crippen molar-refractivity contribution < 1.29 is 9.59 Å². The van der Waals surface area contributed by atoms with Crippen molar-refractivity contribution >= 4 is 35.0 Å². The van der Waals surface area contributed by atoms with Crippen LogP contribution in [0.5, 0.6) is 0 Å². The molecule has 30 heavy (non-hydrogen) atoms. The molecule has 5 heteroatoms. The average molecular weight is 417 g/mol. The Morgan fingerprint density at radius 2 is 1.80 bits per heavy atom. The van der Waals surface area contributed by atoms with Crippen LogP contribution in [0.1, 0.15) is 28.5 Å². The van der Waals surface area contributed by atoms with Crippen LogP contribution in [-0.4, -0.2) is 17.6 Å². The minimum absolute atomic E-state index is 0.0125. The lowest BCUT2D eigenvalue weighted by molar-refractivity contribution is -0.116. The van der Waals surface area contributed by atoms with Gasteiger partial charge in [-0.2, -0.15) is 0 Å². The molecule has 4 rings (SSSR count). The van der Waals surface area contributed by atoms with Gasteiger partial charge in [0.05, 0.1) is 5.75 Å². The van der Waals surface area contributed by atoms with E-state index in [0.29, 0.717) is 18.6 Å². The Hall–Kier alpha value is -3.05. The number of carbonyl (C=O) groups excluding carboxylic acids is 2. The molecule has 1 saturated heterocycles. The molecule has 0 spiro atoms. The lowest BCUT2D eigenvalue weighted by atomic mass is 10.1. The van der Waals surface area contributed by atoms with Gasteiger partial charge in [-0.1, -0.05) is 60.2 Å². The van der Waals surface area contributed by atoms with Crippen LogP contribution in [0.25, 0.3) is 0 Å². The summed E-state index contributed by atoms with van der Waals surface area (Å²) in [6.45, 7) is 2.03. The van der Waals surface area contributed by atoms with Gasteiger partial charge >= 0.3 is 0 Å². The Morgan fingerprint density at radius 3 is 2.57 bits per heavy atom. The van der Waals surface area contributed by atoms with Gasteiger partial charge in [-0.05, 0) is 48.7 Å². The quantitative estimate of drug-likeness (QED) is 0.590. The van der Waals surface area contributed by atoms with E-state index in [2.05, 4.69) is 5.32 Å². The highest BCUT2D eigenvalue weighted by molar-refractivity contribution is 8.00. The predicted octanol–water partition coefficient (Wildman–Crippen LogP) is 5.34. The summed E-state index contributed by atoms with van der Waals surface area (Å²) in [5.74, 6) is 0.541. The Balaban J connectivity index is 1.46. The van der Waals surface area contributed by atoms with Crippen molar-refractivity contribution in [1.29, 1.82) is 0 Å². The molecule has 0 saturated carbocycles. The number of thioether (sulfide) groups is 1. The third kappa shape index (κ3) is 4.74. The van der Waals surface area contributed by atoms with Crippen molar-refractivity contribution in [2.24, 2.45) is 0 Å². The molecule has 0 bridgehead atoms. The van der Waals surface area contributed by atoms with Crippen molar-refractivity contribution in [2.45, 2.75) is 25.1 Å². The minimum atomic E-state index is -0.0959. The maximum Gasteiger partial charge on any atom is 0.238 e. The van der Waals surface area contributed by atoms with Crippen LogP contribution in [0.4, 0.5) is 11.4 Å². The van der Waals surface area contributed by atoms with Crippen LogP contribution in [-0.2, 0) is 16.0 Å². The Kier molecular flexibility index (Phi) is 6.19. The van der Waals surface area contributed by atoms with Crippen molar-refractivity contribution in [3.8, 4) is 0 Å². The lowest BCUT2D eigenvalue weighted by Crippen LogP contribution is -2.27. The lowest BCUT2D eigenvalue weighted by Gasteiger charge is -2.25. The molecule has 4 nitrogen and oxygen atoms in total. The molecule has 1 atom stereocenters. The Morgan fingerprint density at radius 1 is 1.03 bits per heavy atom. The normalized spacial score (nSPS) is 16.0. The number of aryl methyl sites for hydroxylation is 2. The molecule has 0 radical (unpaired) electrons. The summed E-state index contributed by atoms with van der Waals surface area (Å²) in [5, 5.41) is 2.90. The third-order valence-electron chi connectivity index (χ3n) is 5.12. The van der Waals surface area contributed by atoms with Gasteiger partial charge < -0.3 is 5.32 Å². The van der Waals surface area contributed by atoms with Crippen molar-refractivity contribution in [2.75, 3.05) is 16.0 Å².